The van der Waals surface area contributed by atoms with Gasteiger partial charge in [-0.1, -0.05) is 66.7 Å². The van der Waals surface area contributed by atoms with Crippen LogP contribution in [0.5, 0.6) is 0 Å². The maximum atomic E-state index is 11.3. The number of hydrogen-bond acceptors (Lipinski definition) is 3. The largest absolute Gasteiger partial charge is 0.384 e. The van der Waals surface area contributed by atoms with Crippen molar-refractivity contribution in [3.63, 3.8) is 0 Å². The summed E-state index contributed by atoms with van der Waals surface area (Å²) in [6, 6.07) is 25.9. The SMILES string of the molecule is NC1=Nc2ccc(CCc3ccccc3)cc2C1(O)c1ccccc1. The molecule has 1 aliphatic rings. The minimum Gasteiger partial charge on any atom is -0.384 e. The lowest BCUT2D eigenvalue weighted by atomic mass is 9.85. The highest BCUT2D eigenvalue weighted by atomic mass is 16.3. The molecule has 1 aliphatic heterocycles. The molecule has 3 aromatic rings. The third-order valence-corrected chi connectivity index (χ3v) is 4.80. The smallest absolute Gasteiger partial charge is 0.174 e. The number of aryl methyl sites for hydroxylation is 2. The van der Waals surface area contributed by atoms with Gasteiger partial charge in [0.15, 0.2) is 5.60 Å². The second-order valence-electron chi connectivity index (χ2n) is 6.41. The molecule has 124 valence electrons. The van der Waals surface area contributed by atoms with Crippen molar-refractivity contribution >= 4 is 11.5 Å². The monoisotopic (exact) mass is 328 g/mol. The molecule has 3 nitrogen and oxygen atoms in total. The van der Waals surface area contributed by atoms with Crippen LogP contribution in [0.4, 0.5) is 5.69 Å². The summed E-state index contributed by atoms with van der Waals surface area (Å²) in [5.41, 5.74) is 9.49. The van der Waals surface area contributed by atoms with E-state index in [0.717, 1.165) is 29.7 Å². The molecule has 3 aromatic carbocycles. The summed E-state index contributed by atoms with van der Waals surface area (Å²) in [7, 11) is 0. The number of amidine groups is 1. The Morgan fingerprint density at radius 2 is 1.44 bits per heavy atom. The van der Waals surface area contributed by atoms with Crippen LogP contribution in [0.1, 0.15) is 22.3 Å². The van der Waals surface area contributed by atoms with Crippen LogP contribution >= 0.6 is 0 Å². The van der Waals surface area contributed by atoms with Crippen molar-refractivity contribution in [3.8, 4) is 0 Å². The lowest BCUT2D eigenvalue weighted by molar-refractivity contribution is 0.158. The number of aliphatic imine (C=N–C) groups is 1. The van der Waals surface area contributed by atoms with Crippen LogP contribution in [0.15, 0.2) is 83.9 Å². The predicted octanol–water partition coefficient (Wildman–Crippen LogP) is 3.71. The summed E-state index contributed by atoms with van der Waals surface area (Å²) < 4.78 is 0. The zero-order valence-corrected chi connectivity index (χ0v) is 13.9. The first-order valence-electron chi connectivity index (χ1n) is 8.48. The van der Waals surface area contributed by atoms with Crippen molar-refractivity contribution in [2.75, 3.05) is 0 Å². The van der Waals surface area contributed by atoms with Crippen molar-refractivity contribution in [2.45, 2.75) is 18.4 Å². The highest BCUT2D eigenvalue weighted by Gasteiger charge is 2.42. The van der Waals surface area contributed by atoms with Gasteiger partial charge >= 0.3 is 0 Å². The van der Waals surface area contributed by atoms with Crippen molar-refractivity contribution in [3.05, 3.63) is 101 Å². The van der Waals surface area contributed by atoms with E-state index in [-0.39, 0.29) is 5.84 Å². The number of nitrogens with two attached hydrogens (primary N) is 1. The van der Waals surface area contributed by atoms with E-state index in [9.17, 15) is 5.11 Å². The van der Waals surface area contributed by atoms with Gasteiger partial charge in [0, 0.05) is 5.56 Å². The molecule has 0 fully saturated rings. The summed E-state index contributed by atoms with van der Waals surface area (Å²) in [6.07, 6.45) is 1.86. The Hall–Kier alpha value is -2.91. The van der Waals surface area contributed by atoms with Gasteiger partial charge in [0.1, 0.15) is 5.84 Å². The first-order chi connectivity index (χ1) is 12.2. The fraction of sp³-hybridized carbons (Fsp3) is 0.136. The van der Waals surface area contributed by atoms with E-state index in [1.807, 2.05) is 48.5 Å². The number of aliphatic hydroxyl groups is 1. The highest BCUT2D eigenvalue weighted by molar-refractivity contribution is 6.00. The van der Waals surface area contributed by atoms with Gasteiger partial charge in [0.2, 0.25) is 0 Å². The Balaban J connectivity index is 1.67. The molecule has 1 heterocycles. The molecule has 1 unspecified atom stereocenters. The Kier molecular flexibility index (Phi) is 3.86. The number of fused-ring (bicyclic) bond motifs is 1. The Morgan fingerprint density at radius 1 is 0.800 bits per heavy atom. The Labute approximate surface area is 147 Å². The summed E-state index contributed by atoms with van der Waals surface area (Å²) in [5.74, 6) is 0.230. The quantitative estimate of drug-likeness (QED) is 0.767. The summed E-state index contributed by atoms with van der Waals surface area (Å²) >= 11 is 0. The average molecular weight is 328 g/mol. The van der Waals surface area contributed by atoms with E-state index in [0.29, 0.717) is 0 Å². The number of rotatable bonds is 4. The zero-order valence-electron chi connectivity index (χ0n) is 13.9. The van der Waals surface area contributed by atoms with Crippen LogP contribution in [-0.4, -0.2) is 10.9 Å². The Bertz CT molecular complexity index is 919. The van der Waals surface area contributed by atoms with Crippen LogP contribution < -0.4 is 5.73 Å². The van der Waals surface area contributed by atoms with Gasteiger partial charge in [0.25, 0.3) is 0 Å². The summed E-state index contributed by atoms with van der Waals surface area (Å²) in [4.78, 5) is 4.39. The fourth-order valence-electron chi connectivity index (χ4n) is 3.39. The van der Waals surface area contributed by atoms with Crippen molar-refractivity contribution < 1.29 is 5.11 Å². The van der Waals surface area contributed by atoms with E-state index < -0.39 is 5.60 Å². The minimum atomic E-state index is -1.35. The molecule has 4 rings (SSSR count). The van der Waals surface area contributed by atoms with Crippen molar-refractivity contribution in [2.24, 2.45) is 10.7 Å². The number of benzene rings is 3. The van der Waals surface area contributed by atoms with E-state index >= 15 is 0 Å². The molecule has 0 aromatic heterocycles. The van der Waals surface area contributed by atoms with E-state index in [4.69, 9.17) is 5.73 Å². The fourth-order valence-corrected chi connectivity index (χ4v) is 3.39. The summed E-state index contributed by atoms with van der Waals surface area (Å²) in [6.45, 7) is 0. The van der Waals surface area contributed by atoms with Crippen LogP contribution in [0.2, 0.25) is 0 Å². The van der Waals surface area contributed by atoms with Gasteiger partial charge in [-0.05, 0) is 41.7 Å². The third-order valence-electron chi connectivity index (χ3n) is 4.80. The first-order valence-corrected chi connectivity index (χ1v) is 8.48. The standard InChI is InChI=1S/C22H20N2O/c23-21-22(25,18-9-5-2-6-10-18)19-15-17(13-14-20(19)24-21)12-11-16-7-3-1-4-8-16/h1-10,13-15,25H,11-12H2,(H2,23,24). The van der Waals surface area contributed by atoms with Crippen LogP contribution in [0, 0.1) is 0 Å². The second-order valence-corrected chi connectivity index (χ2v) is 6.41. The molecular weight excluding hydrogens is 308 g/mol. The first kappa shape index (κ1) is 15.6. The number of nitrogens with zero attached hydrogens (tertiary/aromatic N) is 1. The third kappa shape index (κ3) is 2.73. The molecule has 3 N–H and O–H groups in total. The molecule has 1 atom stereocenters. The van der Waals surface area contributed by atoms with Crippen molar-refractivity contribution in [1.82, 2.24) is 0 Å². The van der Waals surface area contributed by atoms with Gasteiger partial charge in [-0.15, -0.1) is 0 Å². The van der Waals surface area contributed by atoms with E-state index in [2.05, 4.69) is 35.3 Å². The van der Waals surface area contributed by atoms with Crippen LogP contribution in [0.3, 0.4) is 0 Å². The van der Waals surface area contributed by atoms with Crippen molar-refractivity contribution in [1.29, 1.82) is 0 Å². The molecule has 0 saturated carbocycles. The number of hydrogen-bond donors (Lipinski definition) is 2. The predicted molar refractivity (Wildman–Crippen MR) is 101 cm³/mol. The van der Waals surface area contributed by atoms with Gasteiger partial charge in [-0.25, -0.2) is 4.99 Å². The second kappa shape index (κ2) is 6.19. The minimum absolute atomic E-state index is 0.230. The normalized spacial score (nSPS) is 18.7. The molecule has 0 radical (unpaired) electrons. The highest BCUT2D eigenvalue weighted by Crippen LogP contribution is 2.42. The molecule has 0 aliphatic carbocycles. The molecule has 0 amide bonds. The maximum Gasteiger partial charge on any atom is 0.174 e. The Morgan fingerprint density at radius 3 is 2.16 bits per heavy atom. The molecular formula is C22H20N2O. The van der Waals surface area contributed by atoms with E-state index in [1.165, 1.54) is 11.1 Å². The van der Waals surface area contributed by atoms with Gasteiger partial charge in [-0.3, -0.25) is 0 Å². The van der Waals surface area contributed by atoms with Gasteiger partial charge in [-0.2, -0.15) is 0 Å². The lowest BCUT2D eigenvalue weighted by Gasteiger charge is -2.25. The molecule has 25 heavy (non-hydrogen) atoms. The lowest BCUT2D eigenvalue weighted by Crippen LogP contribution is -2.39. The zero-order chi connectivity index (χ0) is 17.3. The van der Waals surface area contributed by atoms with Gasteiger partial charge in [0.05, 0.1) is 5.69 Å². The topological polar surface area (TPSA) is 58.6 Å². The maximum absolute atomic E-state index is 11.3. The molecule has 0 bridgehead atoms. The van der Waals surface area contributed by atoms with Crippen LogP contribution in [0.25, 0.3) is 0 Å². The summed E-state index contributed by atoms with van der Waals surface area (Å²) in [5, 5.41) is 11.3. The van der Waals surface area contributed by atoms with E-state index in [1.54, 1.807) is 0 Å². The molecule has 0 spiro atoms. The van der Waals surface area contributed by atoms with Crippen LogP contribution in [-0.2, 0) is 18.4 Å². The van der Waals surface area contributed by atoms with Gasteiger partial charge < -0.3 is 10.8 Å². The molecule has 0 saturated heterocycles. The molecule has 3 heteroatoms. The average Bonchev–Trinajstić information content (AvgIpc) is 2.93.